The maximum Gasteiger partial charge on any atom is 0.356 e. The number of para-hydroxylation sites is 1. The lowest BCUT2D eigenvalue weighted by atomic mass is 10.2. The molecule has 0 radical (unpaired) electrons. The number of rotatable bonds is 3. The van der Waals surface area contributed by atoms with Gasteiger partial charge in [0, 0.05) is 11.8 Å². The highest BCUT2D eigenvalue weighted by molar-refractivity contribution is 5.86. The molecule has 1 heterocycles. The maximum absolute atomic E-state index is 14.0. The average molecular weight is 282 g/mol. The van der Waals surface area contributed by atoms with Gasteiger partial charge in [-0.3, -0.25) is 4.57 Å². The summed E-state index contributed by atoms with van der Waals surface area (Å²) >= 11 is 0. The van der Waals surface area contributed by atoms with Crippen LogP contribution in [0.5, 0.6) is 0 Å². The smallest absolute Gasteiger partial charge is 0.356 e. The van der Waals surface area contributed by atoms with E-state index in [1.54, 1.807) is 30.3 Å². The molecule has 1 aromatic heterocycles. The molecule has 3 rings (SSSR count). The summed E-state index contributed by atoms with van der Waals surface area (Å²) in [5, 5.41) is 9.12. The Balaban J connectivity index is 2.24. The minimum atomic E-state index is -1.15. The summed E-state index contributed by atoms with van der Waals surface area (Å²) in [4.78, 5) is 15.2. The Morgan fingerprint density at radius 1 is 1.05 bits per heavy atom. The minimum Gasteiger partial charge on any atom is -0.476 e. The molecular formula is C16H11FN2O2. The molecule has 0 fully saturated rings. The summed E-state index contributed by atoms with van der Waals surface area (Å²) in [6.07, 6.45) is 1.32. The Morgan fingerprint density at radius 2 is 1.71 bits per heavy atom. The average Bonchev–Trinajstić information content (AvgIpc) is 2.94. The third-order valence-electron chi connectivity index (χ3n) is 3.07. The van der Waals surface area contributed by atoms with Crippen molar-refractivity contribution in [1.82, 2.24) is 9.55 Å². The van der Waals surface area contributed by atoms with Crippen LogP contribution in [0.3, 0.4) is 0 Å². The van der Waals surface area contributed by atoms with Crippen molar-refractivity contribution < 1.29 is 14.3 Å². The first kappa shape index (κ1) is 13.1. The fourth-order valence-electron chi connectivity index (χ4n) is 2.10. The zero-order valence-corrected chi connectivity index (χ0v) is 10.9. The molecule has 4 nitrogen and oxygen atoms in total. The summed E-state index contributed by atoms with van der Waals surface area (Å²) in [7, 11) is 0. The van der Waals surface area contributed by atoms with E-state index in [9.17, 15) is 9.18 Å². The molecule has 0 spiro atoms. The lowest BCUT2D eigenvalue weighted by Crippen LogP contribution is -1.99. The second-order valence-corrected chi connectivity index (χ2v) is 4.44. The van der Waals surface area contributed by atoms with Gasteiger partial charge in [0.2, 0.25) is 0 Å². The second-order valence-electron chi connectivity index (χ2n) is 4.44. The zero-order chi connectivity index (χ0) is 14.8. The molecule has 0 aliphatic heterocycles. The van der Waals surface area contributed by atoms with E-state index >= 15 is 0 Å². The lowest BCUT2D eigenvalue weighted by Gasteiger charge is -2.08. The third-order valence-corrected chi connectivity index (χ3v) is 3.07. The van der Waals surface area contributed by atoms with Crippen LogP contribution in [0.15, 0.2) is 60.8 Å². The molecule has 3 aromatic rings. The van der Waals surface area contributed by atoms with Crippen LogP contribution in [-0.2, 0) is 0 Å². The van der Waals surface area contributed by atoms with Crippen molar-refractivity contribution in [3.63, 3.8) is 0 Å². The van der Waals surface area contributed by atoms with Gasteiger partial charge >= 0.3 is 5.97 Å². The molecule has 21 heavy (non-hydrogen) atoms. The maximum atomic E-state index is 14.0. The normalized spacial score (nSPS) is 10.5. The Kier molecular flexibility index (Phi) is 3.23. The third kappa shape index (κ3) is 2.41. The molecule has 0 aliphatic carbocycles. The molecule has 104 valence electrons. The van der Waals surface area contributed by atoms with E-state index in [4.69, 9.17) is 5.11 Å². The van der Waals surface area contributed by atoms with Crippen molar-refractivity contribution in [2.24, 2.45) is 0 Å². The summed E-state index contributed by atoms with van der Waals surface area (Å²) < 4.78 is 15.4. The minimum absolute atomic E-state index is 0.128. The van der Waals surface area contributed by atoms with Crippen LogP contribution >= 0.6 is 0 Å². The monoisotopic (exact) mass is 282 g/mol. The number of carboxylic acids is 1. The molecular weight excluding hydrogens is 271 g/mol. The number of benzene rings is 2. The summed E-state index contributed by atoms with van der Waals surface area (Å²) in [6.45, 7) is 0. The van der Waals surface area contributed by atoms with Gasteiger partial charge in [0.15, 0.2) is 5.69 Å². The highest BCUT2D eigenvalue weighted by Crippen LogP contribution is 2.24. The highest BCUT2D eigenvalue weighted by atomic mass is 19.1. The van der Waals surface area contributed by atoms with Crippen molar-refractivity contribution in [1.29, 1.82) is 0 Å². The molecule has 5 heteroatoms. The zero-order valence-electron chi connectivity index (χ0n) is 10.9. The molecule has 0 unspecified atom stereocenters. The summed E-state index contributed by atoms with van der Waals surface area (Å²) in [6, 6.07) is 15.2. The first-order valence-electron chi connectivity index (χ1n) is 6.30. The molecule has 0 amide bonds. The van der Waals surface area contributed by atoms with Crippen LogP contribution in [0.1, 0.15) is 10.5 Å². The van der Waals surface area contributed by atoms with E-state index in [1.807, 2.05) is 18.2 Å². The van der Waals surface area contributed by atoms with E-state index in [0.717, 1.165) is 0 Å². The fourth-order valence-corrected chi connectivity index (χ4v) is 2.10. The molecule has 0 atom stereocenters. The number of nitrogens with zero attached hydrogens (tertiary/aromatic N) is 2. The largest absolute Gasteiger partial charge is 0.476 e. The van der Waals surface area contributed by atoms with Crippen LogP contribution in [0, 0.1) is 5.82 Å². The van der Waals surface area contributed by atoms with Gasteiger partial charge in [0.05, 0.1) is 5.69 Å². The van der Waals surface area contributed by atoms with Gasteiger partial charge in [-0.25, -0.2) is 14.2 Å². The lowest BCUT2D eigenvalue weighted by molar-refractivity contribution is 0.0691. The number of hydrogen-bond acceptors (Lipinski definition) is 2. The molecule has 1 N–H and O–H groups in total. The highest BCUT2D eigenvalue weighted by Gasteiger charge is 2.17. The predicted molar refractivity (Wildman–Crippen MR) is 75.9 cm³/mol. The predicted octanol–water partition coefficient (Wildman–Crippen LogP) is 3.38. The van der Waals surface area contributed by atoms with Crippen LogP contribution in [0.4, 0.5) is 4.39 Å². The number of imidazole rings is 1. The van der Waals surface area contributed by atoms with E-state index in [1.165, 1.54) is 16.8 Å². The molecule has 0 aliphatic rings. The van der Waals surface area contributed by atoms with Gasteiger partial charge in [0.1, 0.15) is 11.6 Å². The quantitative estimate of drug-likeness (QED) is 0.801. The number of aromatic nitrogens is 2. The van der Waals surface area contributed by atoms with Gasteiger partial charge in [-0.15, -0.1) is 0 Å². The number of halogens is 1. The van der Waals surface area contributed by atoms with Crippen molar-refractivity contribution >= 4 is 5.97 Å². The fraction of sp³-hybridized carbons (Fsp3) is 0. The van der Waals surface area contributed by atoms with Crippen molar-refractivity contribution in [3.05, 3.63) is 72.3 Å². The molecule has 0 saturated carbocycles. The van der Waals surface area contributed by atoms with Crippen molar-refractivity contribution in [2.45, 2.75) is 0 Å². The second kappa shape index (κ2) is 5.20. The van der Waals surface area contributed by atoms with Crippen molar-refractivity contribution in [2.75, 3.05) is 0 Å². The summed E-state index contributed by atoms with van der Waals surface area (Å²) in [5.41, 5.74) is 0.849. The van der Waals surface area contributed by atoms with Gasteiger partial charge < -0.3 is 5.11 Å². The van der Waals surface area contributed by atoms with E-state index < -0.39 is 11.8 Å². The molecule has 0 bridgehead atoms. The number of carboxylic acid groups (broad SMARTS) is 1. The SMILES string of the molecule is O=C(O)c1cn(-c2ccccc2F)c(-c2ccccc2)n1. The first-order chi connectivity index (χ1) is 10.2. The van der Waals surface area contributed by atoms with Crippen LogP contribution in [0.25, 0.3) is 17.1 Å². The number of hydrogen-bond donors (Lipinski definition) is 1. The standard InChI is InChI=1S/C16H11FN2O2/c17-12-8-4-5-9-14(12)19-10-13(16(20)21)18-15(19)11-6-2-1-3-7-11/h1-10H,(H,20,21). The Hall–Kier alpha value is -2.95. The van der Waals surface area contributed by atoms with E-state index in [-0.39, 0.29) is 11.4 Å². The first-order valence-corrected chi connectivity index (χ1v) is 6.30. The van der Waals surface area contributed by atoms with Crippen LogP contribution in [-0.4, -0.2) is 20.6 Å². The van der Waals surface area contributed by atoms with Crippen LogP contribution < -0.4 is 0 Å². The van der Waals surface area contributed by atoms with E-state index in [0.29, 0.717) is 11.4 Å². The van der Waals surface area contributed by atoms with Crippen molar-refractivity contribution in [3.8, 4) is 17.1 Å². The molecule has 2 aromatic carbocycles. The van der Waals surface area contributed by atoms with Gasteiger partial charge in [-0.2, -0.15) is 0 Å². The van der Waals surface area contributed by atoms with Crippen LogP contribution in [0.2, 0.25) is 0 Å². The number of carbonyl (C=O) groups is 1. The van der Waals surface area contributed by atoms with E-state index in [2.05, 4.69) is 4.98 Å². The topological polar surface area (TPSA) is 55.1 Å². The summed E-state index contributed by atoms with van der Waals surface area (Å²) in [5.74, 6) is -1.20. The molecule has 0 saturated heterocycles. The van der Waals surface area contributed by atoms with Gasteiger partial charge in [0.25, 0.3) is 0 Å². The van der Waals surface area contributed by atoms with Gasteiger partial charge in [-0.1, -0.05) is 42.5 Å². The number of aromatic carboxylic acids is 1. The Morgan fingerprint density at radius 3 is 2.38 bits per heavy atom. The van der Waals surface area contributed by atoms with Gasteiger partial charge in [-0.05, 0) is 12.1 Å². The Labute approximate surface area is 120 Å². The Bertz CT molecular complexity index is 797.